The third kappa shape index (κ3) is 6.29. The van der Waals surface area contributed by atoms with Crippen LogP contribution in [0.5, 0.6) is 0 Å². The van der Waals surface area contributed by atoms with Crippen molar-refractivity contribution < 1.29 is 23.1 Å². The molecular formula is C36H30FNO4. The molecule has 0 spiro atoms. The van der Waals surface area contributed by atoms with Gasteiger partial charge in [0.15, 0.2) is 5.78 Å². The molecule has 1 heterocycles. The summed E-state index contributed by atoms with van der Waals surface area (Å²) in [5.41, 5.74) is 2.48. The number of furan rings is 1. The zero-order valence-corrected chi connectivity index (χ0v) is 23.1. The van der Waals surface area contributed by atoms with Crippen LogP contribution in [-0.2, 0) is 19.9 Å². The van der Waals surface area contributed by atoms with Gasteiger partial charge in [0.05, 0.1) is 12.6 Å². The Morgan fingerprint density at radius 1 is 0.786 bits per heavy atom. The number of ether oxygens (including phenoxy) is 1. The minimum absolute atomic E-state index is 0.150. The number of esters is 1. The molecule has 1 atom stereocenters. The number of halogens is 1. The third-order valence-electron chi connectivity index (χ3n) is 7.09. The standard InChI is InChI=1S/C36H30FNO4/c1-41-35(40)33(25-31(39)21-22-32-23-24-34(42-32)26-17-19-30(37)20-18-26)38-36(27-11-5-2-6-12-27,28-13-7-3-8-14-28)29-15-9-4-10-16-29/h2-24,33,38H,25H2,1H3/b22-21+/t33-/m0/s1. The molecule has 0 radical (unpaired) electrons. The van der Waals surface area contributed by atoms with Crippen molar-refractivity contribution in [3.63, 3.8) is 0 Å². The number of allylic oxidation sites excluding steroid dienone is 1. The topological polar surface area (TPSA) is 68.5 Å². The van der Waals surface area contributed by atoms with E-state index in [1.807, 2.05) is 91.0 Å². The van der Waals surface area contributed by atoms with Gasteiger partial charge in [0.1, 0.15) is 23.4 Å². The molecule has 0 amide bonds. The molecule has 5 aromatic rings. The van der Waals surface area contributed by atoms with Crippen molar-refractivity contribution in [2.24, 2.45) is 0 Å². The van der Waals surface area contributed by atoms with Gasteiger partial charge in [-0.3, -0.25) is 14.9 Å². The van der Waals surface area contributed by atoms with Gasteiger partial charge in [-0.25, -0.2) is 4.39 Å². The Kier molecular flexibility index (Phi) is 8.85. The van der Waals surface area contributed by atoms with Crippen molar-refractivity contribution in [3.8, 4) is 11.3 Å². The fourth-order valence-corrected chi connectivity index (χ4v) is 5.07. The fourth-order valence-electron chi connectivity index (χ4n) is 5.07. The highest BCUT2D eigenvalue weighted by Crippen LogP contribution is 2.37. The largest absolute Gasteiger partial charge is 0.468 e. The smallest absolute Gasteiger partial charge is 0.323 e. The van der Waals surface area contributed by atoms with Crippen LogP contribution in [0.3, 0.4) is 0 Å². The molecule has 0 aliphatic carbocycles. The Balaban J connectivity index is 1.46. The second-order valence-corrected chi connectivity index (χ2v) is 9.78. The van der Waals surface area contributed by atoms with Crippen molar-refractivity contribution >= 4 is 17.8 Å². The quantitative estimate of drug-likeness (QED) is 0.105. The summed E-state index contributed by atoms with van der Waals surface area (Å²) in [7, 11) is 1.31. The molecule has 0 aliphatic heterocycles. The van der Waals surface area contributed by atoms with Crippen LogP contribution in [0, 0.1) is 5.82 Å². The number of hydrogen-bond donors (Lipinski definition) is 1. The third-order valence-corrected chi connectivity index (χ3v) is 7.09. The van der Waals surface area contributed by atoms with Crippen LogP contribution in [0.4, 0.5) is 4.39 Å². The molecule has 0 saturated carbocycles. The lowest BCUT2D eigenvalue weighted by molar-refractivity contribution is -0.144. The number of methoxy groups -OCH3 is 1. The maximum absolute atomic E-state index is 13.3. The minimum Gasteiger partial charge on any atom is -0.468 e. The first-order valence-electron chi connectivity index (χ1n) is 13.6. The zero-order chi connectivity index (χ0) is 29.4. The summed E-state index contributed by atoms with van der Waals surface area (Å²) >= 11 is 0. The molecule has 0 saturated heterocycles. The van der Waals surface area contributed by atoms with Gasteiger partial charge < -0.3 is 9.15 Å². The maximum atomic E-state index is 13.3. The summed E-state index contributed by atoms with van der Waals surface area (Å²) in [5, 5.41) is 3.54. The summed E-state index contributed by atoms with van der Waals surface area (Å²) in [5.74, 6) is -0.172. The first-order chi connectivity index (χ1) is 20.5. The molecule has 210 valence electrons. The molecule has 42 heavy (non-hydrogen) atoms. The van der Waals surface area contributed by atoms with Gasteiger partial charge in [-0.05, 0) is 65.2 Å². The number of benzene rings is 4. The average Bonchev–Trinajstić information content (AvgIpc) is 3.52. The predicted octanol–water partition coefficient (Wildman–Crippen LogP) is 7.18. The molecule has 0 fully saturated rings. The van der Waals surface area contributed by atoms with E-state index in [0.29, 0.717) is 11.5 Å². The van der Waals surface area contributed by atoms with Crippen LogP contribution < -0.4 is 5.32 Å². The lowest BCUT2D eigenvalue weighted by Gasteiger charge is -2.39. The van der Waals surface area contributed by atoms with E-state index in [9.17, 15) is 14.0 Å². The summed E-state index contributed by atoms with van der Waals surface area (Å²) < 4.78 is 24.3. The van der Waals surface area contributed by atoms with Crippen LogP contribution in [0.15, 0.2) is 138 Å². The summed E-state index contributed by atoms with van der Waals surface area (Å²) in [6, 6.07) is 38.0. The molecule has 0 aliphatic rings. The van der Waals surface area contributed by atoms with Crippen molar-refractivity contribution in [1.29, 1.82) is 0 Å². The molecule has 5 nitrogen and oxygen atoms in total. The van der Waals surface area contributed by atoms with Gasteiger partial charge in [0.2, 0.25) is 0 Å². The molecule has 4 aromatic carbocycles. The Labute approximate surface area is 244 Å². The van der Waals surface area contributed by atoms with E-state index < -0.39 is 17.6 Å². The normalized spacial score (nSPS) is 12.2. The van der Waals surface area contributed by atoms with Gasteiger partial charge >= 0.3 is 5.97 Å². The van der Waals surface area contributed by atoms with Crippen LogP contribution >= 0.6 is 0 Å². The number of nitrogens with one attached hydrogen (secondary N) is 1. The Morgan fingerprint density at radius 2 is 1.31 bits per heavy atom. The van der Waals surface area contributed by atoms with Gasteiger partial charge in [-0.2, -0.15) is 0 Å². The summed E-state index contributed by atoms with van der Waals surface area (Å²) in [6.07, 6.45) is 2.80. The van der Waals surface area contributed by atoms with Crippen molar-refractivity contribution in [3.05, 3.63) is 162 Å². The number of ketones is 1. The van der Waals surface area contributed by atoms with Crippen molar-refractivity contribution in [2.75, 3.05) is 7.11 Å². The van der Waals surface area contributed by atoms with Gasteiger partial charge in [-0.1, -0.05) is 91.0 Å². The highest BCUT2D eigenvalue weighted by atomic mass is 19.1. The van der Waals surface area contributed by atoms with Crippen LogP contribution in [0.2, 0.25) is 0 Å². The first-order valence-corrected chi connectivity index (χ1v) is 13.6. The van der Waals surface area contributed by atoms with Crippen LogP contribution in [-0.4, -0.2) is 24.9 Å². The SMILES string of the molecule is COC(=O)[C@H](CC(=O)/C=C/c1ccc(-c2ccc(F)cc2)o1)NC(c1ccccc1)(c1ccccc1)c1ccccc1. The molecule has 1 N–H and O–H groups in total. The second-order valence-electron chi connectivity index (χ2n) is 9.78. The second kappa shape index (κ2) is 13.1. The number of carbonyl (C=O) groups excluding carboxylic acids is 2. The number of rotatable bonds is 11. The van der Waals surface area contributed by atoms with Crippen LogP contribution in [0.25, 0.3) is 17.4 Å². The highest BCUT2D eigenvalue weighted by molar-refractivity contribution is 5.96. The molecule has 0 unspecified atom stereocenters. The van der Waals surface area contributed by atoms with Crippen molar-refractivity contribution in [2.45, 2.75) is 18.0 Å². The molecule has 1 aromatic heterocycles. The predicted molar refractivity (Wildman–Crippen MR) is 161 cm³/mol. The fraction of sp³-hybridized carbons (Fsp3) is 0.111. The molecule has 5 rings (SSSR count). The van der Waals surface area contributed by atoms with E-state index in [1.54, 1.807) is 30.3 Å². The van der Waals surface area contributed by atoms with Crippen molar-refractivity contribution in [1.82, 2.24) is 5.32 Å². The molecule has 0 bridgehead atoms. The van der Waals surface area contributed by atoms with E-state index in [4.69, 9.17) is 9.15 Å². The lowest BCUT2D eigenvalue weighted by atomic mass is 9.76. The van der Waals surface area contributed by atoms with E-state index >= 15 is 0 Å². The summed E-state index contributed by atoms with van der Waals surface area (Å²) in [4.78, 5) is 26.4. The zero-order valence-electron chi connectivity index (χ0n) is 23.1. The molecular weight excluding hydrogens is 529 g/mol. The Morgan fingerprint density at radius 3 is 1.81 bits per heavy atom. The number of carbonyl (C=O) groups is 2. The molecule has 6 heteroatoms. The van der Waals surface area contributed by atoms with E-state index in [1.165, 1.54) is 25.3 Å². The van der Waals surface area contributed by atoms with Crippen LogP contribution in [0.1, 0.15) is 28.9 Å². The average molecular weight is 560 g/mol. The van der Waals surface area contributed by atoms with E-state index in [-0.39, 0.29) is 18.0 Å². The van der Waals surface area contributed by atoms with E-state index in [0.717, 1.165) is 22.3 Å². The Hall–Kier alpha value is -5.07. The van der Waals surface area contributed by atoms with Gasteiger partial charge in [-0.15, -0.1) is 0 Å². The van der Waals surface area contributed by atoms with Gasteiger partial charge in [0.25, 0.3) is 0 Å². The monoisotopic (exact) mass is 559 g/mol. The highest BCUT2D eigenvalue weighted by Gasteiger charge is 2.40. The summed E-state index contributed by atoms with van der Waals surface area (Å²) in [6.45, 7) is 0. The maximum Gasteiger partial charge on any atom is 0.323 e. The van der Waals surface area contributed by atoms with E-state index in [2.05, 4.69) is 5.32 Å². The van der Waals surface area contributed by atoms with Gasteiger partial charge in [0, 0.05) is 12.0 Å². The first kappa shape index (κ1) is 28.5. The Bertz CT molecular complexity index is 1550. The lowest BCUT2D eigenvalue weighted by Crippen LogP contribution is -2.53. The number of hydrogen-bond acceptors (Lipinski definition) is 5. The minimum atomic E-state index is -0.973.